The summed E-state index contributed by atoms with van der Waals surface area (Å²) in [6.07, 6.45) is 9.13. The Bertz CT molecular complexity index is 1760. The van der Waals surface area contributed by atoms with Gasteiger partial charge in [-0.05, 0) is 117 Å². The number of carbonyl (C=O) groups excluding carboxylic acids is 2. The minimum atomic E-state index is -3.98. The second-order valence-corrected chi connectivity index (χ2v) is 18.5. The third kappa shape index (κ3) is 7.98. The molecular weight excluding hydrogens is 686 g/mol. The van der Waals surface area contributed by atoms with Crippen LogP contribution < -0.4 is 14.4 Å². The van der Waals surface area contributed by atoms with E-state index in [9.17, 15) is 18.0 Å². The Hall–Kier alpha value is -3.08. The lowest BCUT2D eigenvalue weighted by Crippen LogP contribution is -2.50. The smallest absolute Gasteiger partial charge is 0.264 e. The standard InChI is InChI=1S/C40H54ClN3O6S/c1-25(2)19-37(39(46)43(5)6)50-35-11-7-9-26(3)27(4)51(47,48)42-38(45)29-13-17-36-34(21-29)44(22-30-12-15-32(30)35)23-40(24-49-36)18-8-10-28-20-31(41)14-16-33(28)40/h7,11,13-14,16-17,20-21,25-27,30,32,35,37H,8-10,12,15,18-19,22-24H2,1-6H3,(H,42,45)/b11-7-/t26-,27+,30-,32+,35-,37-,40-/m0/s1. The van der Waals surface area contributed by atoms with E-state index in [1.165, 1.54) is 11.1 Å². The number of hydrogen-bond donors (Lipinski definition) is 1. The highest BCUT2D eigenvalue weighted by Gasteiger charge is 2.45. The predicted molar refractivity (Wildman–Crippen MR) is 202 cm³/mol. The highest BCUT2D eigenvalue weighted by atomic mass is 35.5. The molecule has 2 aliphatic carbocycles. The summed E-state index contributed by atoms with van der Waals surface area (Å²) in [4.78, 5) is 30.9. The molecule has 51 heavy (non-hydrogen) atoms. The first kappa shape index (κ1) is 37.7. The van der Waals surface area contributed by atoms with Crippen molar-refractivity contribution in [2.24, 2.45) is 23.7 Å². The largest absolute Gasteiger partial charge is 0.490 e. The van der Waals surface area contributed by atoms with E-state index in [1.807, 2.05) is 19.1 Å². The van der Waals surface area contributed by atoms with Gasteiger partial charge in [0.15, 0.2) is 0 Å². The van der Waals surface area contributed by atoms with Gasteiger partial charge in [-0.3, -0.25) is 9.59 Å². The molecule has 9 nitrogen and oxygen atoms in total. The highest BCUT2D eigenvalue weighted by molar-refractivity contribution is 7.90. The summed E-state index contributed by atoms with van der Waals surface area (Å²) in [5.74, 6) is 0.385. The number of benzene rings is 2. The Morgan fingerprint density at radius 1 is 1.16 bits per heavy atom. The number of sulfonamides is 1. The zero-order valence-corrected chi connectivity index (χ0v) is 32.4. The van der Waals surface area contributed by atoms with Crippen LogP contribution in [0.3, 0.4) is 0 Å². The van der Waals surface area contributed by atoms with Gasteiger partial charge in [0.25, 0.3) is 11.8 Å². The molecule has 2 bridgehead atoms. The molecule has 2 heterocycles. The van der Waals surface area contributed by atoms with Crippen molar-refractivity contribution in [1.82, 2.24) is 9.62 Å². The Labute approximate surface area is 309 Å². The molecule has 1 saturated carbocycles. The first-order chi connectivity index (χ1) is 24.2. The van der Waals surface area contributed by atoms with E-state index in [1.54, 1.807) is 44.1 Å². The van der Waals surface area contributed by atoms with Crippen molar-refractivity contribution >= 4 is 39.1 Å². The van der Waals surface area contributed by atoms with E-state index in [2.05, 4.69) is 41.7 Å². The van der Waals surface area contributed by atoms with Crippen LogP contribution in [-0.2, 0) is 31.4 Å². The van der Waals surface area contributed by atoms with Gasteiger partial charge in [0.1, 0.15) is 11.9 Å². The number of halogens is 1. The van der Waals surface area contributed by atoms with Gasteiger partial charge in [-0.15, -0.1) is 0 Å². The monoisotopic (exact) mass is 739 g/mol. The number of anilines is 1. The Morgan fingerprint density at radius 3 is 2.65 bits per heavy atom. The zero-order chi connectivity index (χ0) is 36.7. The molecule has 0 radical (unpaired) electrons. The minimum absolute atomic E-state index is 0.0481. The maximum Gasteiger partial charge on any atom is 0.264 e. The second-order valence-electron chi connectivity index (χ2n) is 16.1. The summed E-state index contributed by atoms with van der Waals surface area (Å²) in [6.45, 7) is 9.58. The van der Waals surface area contributed by atoms with Gasteiger partial charge in [0, 0.05) is 43.2 Å². The molecular formula is C40H54ClN3O6S. The van der Waals surface area contributed by atoms with Crippen LogP contribution in [0.15, 0.2) is 48.6 Å². The number of fused-ring (bicyclic) bond motifs is 4. The number of amides is 2. The van der Waals surface area contributed by atoms with Crippen LogP contribution in [0.5, 0.6) is 5.75 Å². The van der Waals surface area contributed by atoms with E-state index in [0.29, 0.717) is 38.3 Å². The van der Waals surface area contributed by atoms with Crippen molar-refractivity contribution < 1.29 is 27.5 Å². The van der Waals surface area contributed by atoms with Crippen LogP contribution in [0.4, 0.5) is 5.69 Å². The summed E-state index contributed by atoms with van der Waals surface area (Å²) in [6, 6.07) is 11.4. The molecule has 2 aromatic carbocycles. The molecule has 1 N–H and O–H groups in total. The maximum atomic E-state index is 13.6. The van der Waals surface area contributed by atoms with E-state index in [4.69, 9.17) is 21.1 Å². The number of nitrogens with one attached hydrogen (secondary N) is 1. The van der Waals surface area contributed by atoms with Crippen molar-refractivity contribution in [2.45, 2.75) is 95.5 Å². The zero-order valence-electron chi connectivity index (χ0n) is 30.9. The molecule has 0 saturated heterocycles. The number of ether oxygens (including phenoxy) is 2. The number of rotatable bonds is 5. The van der Waals surface area contributed by atoms with E-state index in [-0.39, 0.29) is 46.7 Å². The molecule has 0 unspecified atom stereocenters. The molecule has 0 aromatic heterocycles. The van der Waals surface area contributed by atoms with Crippen molar-refractivity contribution in [3.63, 3.8) is 0 Å². The fraction of sp³-hybridized carbons (Fsp3) is 0.600. The summed E-state index contributed by atoms with van der Waals surface area (Å²) in [5.41, 5.74) is 3.25. The van der Waals surface area contributed by atoms with Crippen LogP contribution >= 0.6 is 11.6 Å². The second kappa shape index (κ2) is 15.1. The number of nitrogens with zero attached hydrogens (tertiary/aromatic N) is 2. The van der Waals surface area contributed by atoms with Crippen molar-refractivity contribution in [1.29, 1.82) is 0 Å². The van der Waals surface area contributed by atoms with Crippen molar-refractivity contribution in [3.8, 4) is 5.75 Å². The van der Waals surface area contributed by atoms with Crippen LogP contribution in [-0.4, -0.2) is 76.4 Å². The first-order valence-electron chi connectivity index (χ1n) is 18.6. The highest BCUT2D eigenvalue weighted by Crippen LogP contribution is 2.47. The van der Waals surface area contributed by atoms with Gasteiger partial charge in [0.2, 0.25) is 10.0 Å². The molecule has 2 aromatic rings. The lowest BCUT2D eigenvalue weighted by molar-refractivity contribution is -0.149. The minimum Gasteiger partial charge on any atom is -0.490 e. The average molecular weight is 740 g/mol. The third-order valence-corrected chi connectivity index (χ3v) is 13.9. The molecule has 2 aliphatic heterocycles. The third-order valence-electron chi connectivity index (χ3n) is 11.7. The number of hydrogen-bond acceptors (Lipinski definition) is 7. The molecule has 11 heteroatoms. The fourth-order valence-electron chi connectivity index (χ4n) is 8.41. The molecule has 7 atom stereocenters. The molecule has 278 valence electrons. The van der Waals surface area contributed by atoms with Gasteiger partial charge in [-0.25, -0.2) is 13.1 Å². The quantitative estimate of drug-likeness (QED) is 0.338. The molecule has 1 fully saturated rings. The SMILES string of the molecule is CC(C)C[C@H](O[C@H]1/C=C\C[C@H](C)[C@@H](C)S(=O)(=O)NC(=O)c2ccc3c(c2)N(C[C@@H]2CC[C@H]21)C[C@@]1(CCCc2cc(Cl)ccc21)CO3)C(=O)N(C)C. The van der Waals surface area contributed by atoms with E-state index < -0.39 is 27.3 Å². The molecule has 1 spiro atoms. The topological polar surface area (TPSA) is 105 Å². The van der Waals surface area contributed by atoms with Gasteiger partial charge in [0.05, 0.1) is 23.6 Å². The average Bonchev–Trinajstić information content (AvgIpc) is 3.21. The molecule has 6 rings (SSSR count). The van der Waals surface area contributed by atoms with E-state index in [0.717, 1.165) is 42.8 Å². The Morgan fingerprint density at radius 2 is 1.94 bits per heavy atom. The summed E-state index contributed by atoms with van der Waals surface area (Å²) in [7, 11) is -0.450. The van der Waals surface area contributed by atoms with Crippen LogP contribution in [0, 0.1) is 23.7 Å². The Balaban J connectivity index is 1.42. The summed E-state index contributed by atoms with van der Waals surface area (Å²) in [5, 5.41) is -0.0953. The number of likely N-dealkylation sites (N-methyl/N-ethyl adjacent to an activating group) is 1. The maximum absolute atomic E-state index is 13.6. The van der Waals surface area contributed by atoms with Crippen LogP contribution in [0.1, 0.15) is 87.7 Å². The van der Waals surface area contributed by atoms with Gasteiger partial charge >= 0.3 is 0 Å². The normalized spacial score (nSPS) is 30.2. The van der Waals surface area contributed by atoms with E-state index >= 15 is 0 Å². The van der Waals surface area contributed by atoms with Crippen molar-refractivity contribution in [2.75, 3.05) is 38.7 Å². The van der Waals surface area contributed by atoms with Crippen LogP contribution in [0.25, 0.3) is 0 Å². The number of aryl methyl sites for hydroxylation is 1. The number of allylic oxidation sites excluding steroid dienone is 1. The van der Waals surface area contributed by atoms with Gasteiger partial charge in [-0.1, -0.05) is 50.6 Å². The van der Waals surface area contributed by atoms with Gasteiger partial charge < -0.3 is 19.3 Å². The molecule has 4 aliphatic rings. The predicted octanol–water partition coefficient (Wildman–Crippen LogP) is 6.77. The fourth-order valence-corrected chi connectivity index (χ4v) is 9.89. The summed E-state index contributed by atoms with van der Waals surface area (Å²) >= 11 is 6.47. The molecule has 2 amide bonds. The first-order valence-corrected chi connectivity index (χ1v) is 20.5. The lowest BCUT2D eigenvalue weighted by Gasteiger charge is -2.46. The van der Waals surface area contributed by atoms with Crippen LogP contribution in [0.2, 0.25) is 5.02 Å². The lowest BCUT2D eigenvalue weighted by atomic mass is 9.68. The summed E-state index contributed by atoms with van der Waals surface area (Å²) < 4.78 is 42.8. The number of carbonyl (C=O) groups is 2. The Kier molecular flexibility index (Phi) is 11.2. The van der Waals surface area contributed by atoms with Gasteiger partial charge in [-0.2, -0.15) is 0 Å². The van der Waals surface area contributed by atoms with Crippen molar-refractivity contribution in [3.05, 3.63) is 70.3 Å².